The fourth-order valence-corrected chi connectivity index (χ4v) is 4.31. The molecule has 1 aliphatic rings. The van der Waals surface area contributed by atoms with Crippen molar-refractivity contribution in [2.75, 3.05) is 25.0 Å². The third-order valence-corrected chi connectivity index (χ3v) is 6.19. The van der Waals surface area contributed by atoms with Crippen LogP contribution in [0.3, 0.4) is 0 Å². The highest BCUT2D eigenvalue weighted by Crippen LogP contribution is 2.25. The van der Waals surface area contributed by atoms with Gasteiger partial charge in [-0.25, -0.2) is 4.79 Å². The summed E-state index contributed by atoms with van der Waals surface area (Å²) in [5.74, 6) is 0.717. The highest BCUT2D eigenvalue weighted by molar-refractivity contribution is 5.68. The van der Waals surface area contributed by atoms with Gasteiger partial charge in [0.25, 0.3) is 5.69 Å². The number of hydrogen-bond donors (Lipinski definition) is 1. The molecular weight excluding hydrogens is 490 g/mol. The maximum absolute atomic E-state index is 12.5. The van der Waals surface area contributed by atoms with E-state index in [1.807, 2.05) is 20.8 Å². The predicted molar refractivity (Wildman–Crippen MR) is 141 cm³/mol. The molecule has 1 unspecified atom stereocenters. The number of likely N-dealkylation sites (tertiary alicyclic amines) is 1. The lowest BCUT2D eigenvalue weighted by atomic mass is 9.99. The van der Waals surface area contributed by atoms with Crippen LogP contribution in [0.4, 0.5) is 16.4 Å². The summed E-state index contributed by atoms with van der Waals surface area (Å²) in [4.78, 5) is 34.2. The van der Waals surface area contributed by atoms with Gasteiger partial charge in [-0.05, 0) is 45.1 Å². The molecule has 3 heterocycles. The Labute approximate surface area is 221 Å². The molecule has 3 aromatic rings. The van der Waals surface area contributed by atoms with Gasteiger partial charge in [0.15, 0.2) is 5.65 Å². The van der Waals surface area contributed by atoms with Gasteiger partial charge in [0.1, 0.15) is 5.60 Å². The average molecular weight is 526 g/mol. The number of rotatable bonds is 8. The number of anilines is 1. The Balaban J connectivity index is 1.50. The summed E-state index contributed by atoms with van der Waals surface area (Å²) >= 11 is 0. The molecule has 1 saturated heterocycles. The summed E-state index contributed by atoms with van der Waals surface area (Å²) < 4.78 is 13.2. The zero-order chi connectivity index (χ0) is 27.4. The molecule has 0 aliphatic carbocycles. The number of hydrogen-bond acceptors (Lipinski definition) is 9. The van der Waals surface area contributed by atoms with Crippen molar-refractivity contribution in [3.8, 4) is 6.01 Å². The summed E-state index contributed by atoms with van der Waals surface area (Å²) in [5.41, 5.74) is 1.79. The van der Waals surface area contributed by atoms with Gasteiger partial charge in [0, 0.05) is 43.2 Å². The Kier molecular flexibility index (Phi) is 7.98. The fraction of sp³-hybridized carbons (Fsp3) is 0.538. The van der Waals surface area contributed by atoms with Crippen LogP contribution in [0.5, 0.6) is 6.01 Å². The van der Waals surface area contributed by atoms with E-state index in [1.54, 1.807) is 27.7 Å². The molecule has 4 rings (SSSR count). The minimum absolute atomic E-state index is 0.0234. The number of carbonyl (C=O) groups excluding carboxylic acids is 1. The second kappa shape index (κ2) is 11.2. The van der Waals surface area contributed by atoms with Gasteiger partial charge in [-0.2, -0.15) is 19.6 Å². The van der Waals surface area contributed by atoms with Crippen molar-refractivity contribution in [1.82, 2.24) is 24.5 Å². The molecule has 1 N–H and O–H groups in total. The Hall–Kier alpha value is -3.96. The first kappa shape index (κ1) is 27.1. The van der Waals surface area contributed by atoms with Gasteiger partial charge >= 0.3 is 12.1 Å². The molecule has 0 radical (unpaired) electrons. The van der Waals surface area contributed by atoms with E-state index < -0.39 is 10.5 Å². The third kappa shape index (κ3) is 6.67. The van der Waals surface area contributed by atoms with E-state index >= 15 is 0 Å². The number of nitro groups is 1. The van der Waals surface area contributed by atoms with Crippen LogP contribution in [0.1, 0.15) is 64.5 Å². The van der Waals surface area contributed by atoms with Gasteiger partial charge in [-0.15, -0.1) is 0 Å². The summed E-state index contributed by atoms with van der Waals surface area (Å²) in [6.45, 7) is 11.5. The maximum atomic E-state index is 12.5. The number of non-ortho nitro benzene ring substituents is 1. The van der Waals surface area contributed by atoms with Gasteiger partial charge < -0.3 is 19.7 Å². The lowest BCUT2D eigenvalue weighted by Crippen LogP contribution is -2.44. The number of nitrogens with zero attached hydrogens (tertiary/aromatic N) is 6. The fourth-order valence-electron chi connectivity index (χ4n) is 4.31. The lowest BCUT2D eigenvalue weighted by molar-refractivity contribution is -0.384. The minimum Gasteiger partial charge on any atom is -0.463 e. The van der Waals surface area contributed by atoms with Crippen molar-refractivity contribution < 1.29 is 19.2 Å². The number of amides is 1. The first-order valence-electron chi connectivity index (χ1n) is 12.8. The number of carbonyl (C=O) groups is 1. The summed E-state index contributed by atoms with van der Waals surface area (Å²) in [6, 6.07) is 6.63. The Morgan fingerprint density at radius 2 is 2.08 bits per heavy atom. The van der Waals surface area contributed by atoms with Crippen LogP contribution >= 0.6 is 0 Å². The molecule has 0 spiro atoms. The average Bonchev–Trinajstić information content (AvgIpc) is 3.30. The van der Waals surface area contributed by atoms with Crippen molar-refractivity contribution in [3.63, 3.8) is 0 Å². The summed E-state index contributed by atoms with van der Waals surface area (Å²) in [5, 5.41) is 18.8. The molecule has 1 atom stereocenters. The molecule has 2 aromatic heterocycles. The maximum Gasteiger partial charge on any atom is 0.410 e. The van der Waals surface area contributed by atoms with Crippen LogP contribution in [0.2, 0.25) is 0 Å². The molecule has 38 heavy (non-hydrogen) atoms. The number of ether oxygens (including phenoxy) is 2. The van der Waals surface area contributed by atoms with Crippen molar-refractivity contribution in [2.24, 2.45) is 5.92 Å². The first-order valence-corrected chi connectivity index (χ1v) is 12.8. The standard InChI is InChI=1S/C26H35N7O5/c1-17(2)21-14-28-32-22(21)29-24(30-23(32)27-13-18-8-6-10-20(12-18)33(35)36)37-16-19-9-7-11-31(15-19)25(34)38-26(3,4)5/h6,8,10,12,14,17,19H,7,9,11,13,15-16H2,1-5H3,(H,27,29,30). The van der Waals surface area contributed by atoms with Crippen molar-refractivity contribution in [2.45, 2.75) is 65.5 Å². The topological polar surface area (TPSA) is 137 Å². The Morgan fingerprint density at radius 1 is 1.29 bits per heavy atom. The van der Waals surface area contributed by atoms with Crippen molar-refractivity contribution in [3.05, 3.63) is 51.7 Å². The minimum atomic E-state index is -0.544. The smallest absolute Gasteiger partial charge is 0.410 e. The van der Waals surface area contributed by atoms with Crippen LogP contribution in [0, 0.1) is 16.0 Å². The number of nitro benzene ring substituents is 1. The van der Waals surface area contributed by atoms with Gasteiger partial charge in [-0.1, -0.05) is 26.0 Å². The van der Waals surface area contributed by atoms with Gasteiger partial charge in [0.2, 0.25) is 5.95 Å². The molecule has 1 aromatic carbocycles. The first-order chi connectivity index (χ1) is 18.0. The molecule has 1 fully saturated rings. The molecule has 12 heteroatoms. The molecular formula is C26H35N7O5. The largest absolute Gasteiger partial charge is 0.463 e. The molecule has 204 valence electrons. The Bertz CT molecular complexity index is 1300. The number of aromatic nitrogens is 4. The lowest BCUT2D eigenvalue weighted by Gasteiger charge is -2.33. The number of benzene rings is 1. The quantitative estimate of drug-likeness (QED) is 0.325. The second-order valence-corrected chi connectivity index (χ2v) is 10.8. The van der Waals surface area contributed by atoms with Crippen LogP contribution in [-0.2, 0) is 11.3 Å². The number of piperidine rings is 1. The van der Waals surface area contributed by atoms with Crippen LogP contribution in [-0.4, -0.2) is 60.8 Å². The van der Waals surface area contributed by atoms with E-state index in [1.165, 1.54) is 12.1 Å². The van der Waals surface area contributed by atoms with E-state index in [9.17, 15) is 14.9 Å². The van der Waals surface area contributed by atoms with E-state index in [4.69, 9.17) is 9.47 Å². The van der Waals surface area contributed by atoms with Crippen LogP contribution in [0.25, 0.3) is 5.65 Å². The zero-order valence-corrected chi connectivity index (χ0v) is 22.5. The van der Waals surface area contributed by atoms with E-state index in [0.717, 1.165) is 24.0 Å². The van der Waals surface area contributed by atoms with Gasteiger partial charge in [-0.3, -0.25) is 10.1 Å². The zero-order valence-electron chi connectivity index (χ0n) is 22.5. The molecule has 0 bridgehead atoms. The van der Waals surface area contributed by atoms with E-state index in [2.05, 4.69) is 34.2 Å². The Morgan fingerprint density at radius 3 is 2.79 bits per heavy atom. The summed E-state index contributed by atoms with van der Waals surface area (Å²) in [6.07, 6.45) is 3.23. The van der Waals surface area contributed by atoms with Gasteiger partial charge in [0.05, 0.1) is 17.7 Å². The highest BCUT2D eigenvalue weighted by Gasteiger charge is 2.28. The molecule has 1 amide bonds. The van der Waals surface area contributed by atoms with E-state index in [0.29, 0.717) is 37.8 Å². The third-order valence-electron chi connectivity index (χ3n) is 6.19. The van der Waals surface area contributed by atoms with Crippen molar-refractivity contribution >= 4 is 23.4 Å². The number of nitrogens with one attached hydrogen (secondary N) is 1. The molecule has 0 saturated carbocycles. The molecule has 12 nitrogen and oxygen atoms in total. The van der Waals surface area contributed by atoms with E-state index in [-0.39, 0.29) is 29.6 Å². The number of fused-ring (bicyclic) bond motifs is 1. The molecule has 1 aliphatic heterocycles. The van der Waals surface area contributed by atoms with Crippen LogP contribution in [0.15, 0.2) is 30.5 Å². The van der Waals surface area contributed by atoms with Crippen LogP contribution < -0.4 is 10.1 Å². The normalized spacial score (nSPS) is 16.1. The predicted octanol–water partition coefficient (Wildman–Crippen LogP) is 4.79. The summed E-state index contributed by atoms with van der Waals surface area (Å²) in [7, 11) is 0. The SMILES string of the molecule is CC(C)c1cnn2c(NCc3cccc([N+](=O)[O-])c3)nc(OCC3CCCN(C(=O)OC(C)(C)C)C3)nc12. The highest BCUT2D eigenvalue weighted by atomic mass is 16.6. The second-order valence-electron chi connectivity index (χ2n) is 10.8. The monoisotopic (exact) mass is 525 g/mol. The van der Waals surface area contributed by atoms with Crippen molar-refractivity contribution in [1.29, 1.82) is 0 Å².